The Balaban J connectivity index is 1.43. The highest BCUT2D eigenvalue weighted by atomic mass is 16.2. The molecule has 0 spiro atoms. The number of nitrogens with zero attached hydrogens (tertiary/aromatic N) is 3. The van der Waals surface area contributed by atoms with Gasteiger partial charge < -0.3 is 9.88 Å². The van der Waals surface area contributed by atoms with Crippen molar-refractivity contribution in [2.75, 3.05) is 19.6 Å². The van der Waals surface area contributed by atoms with Crippen molar-refractivity contribution in [2.45, 2.75) is 46.7 Å². The van der Waals surface area contributed by atoms with Gasteiger partial charge in [-0.25, -0.2) is 4.98 Å². The van der Waals surface area contributed by atoms with Gasteiger partial charge in [0.1, 0.15) is 5.82 Å². The van der Waals surface area contributed by atoms with Crippen LogP contribution in [0, 0.1) is 19.8 Å². The van der Waals surface area contributed by atoms with E-state index in [1.807, 2.05) is 19.1 Å². The summed E-state index contributed by atoms with van der Waals surface area (Å²) in [6, 6.07) is 15.1. The number of aromatic nitrogens is 2. The van der Waals surface area contributed by atoms with E-state index in [1.54, 1.807) is 0 Å². The third-order valence-electron chi connectivity index (χ3n) is 6.14. The molecule has 1 aliphatic rings. The maximum atomic E-state index is 13.2. The molecule has 0 saturated carbocycles. The lowest BCUT2D eigenvalue weighted by molar-refractivity contribution is -0.136. The Kier molecular flexibility index (Phi) is 5.91. The molecule has 30 heavy (non-hydrogen) atoms. The summed E-state index contributed by atoms with van der Waals surface area (Å²) in [6.07, 6.45) is 0.440. The summed E-state index contributed by atoms with van der Waals surface area (Å²) in [5.41, 5.74) is 5.62. The minimum atomic E-state index is 0.222. The zero-order valence-corrected chi connectivity index (χ0v) is 18.5. The number of carbonyl (C=O) groups excluding carboxylic acids is 1. The molecule has 2 aromatic carbocycles. The number of aromatic amines is 1. The van der Waals surface area contributed by atoms with E-state index < -0.39 is 0 Å². The number of carbonyl (C=O) groups is 1. The lowest BCUT2D eigenvalue weighted by Crippen LogP contribution is -2.57. The predicted octanol–water partition coefficient (Wildman–Crippen LogP) is 4.09. The van der Waals surface area contributed by atoms with E-state index in [0.29, 0.717) is 12.3 Å². The molecule has 1 aromatic heterocycles. The van der Waals surface area contributed by atoms with Crippen LogP contribution in [-0.2, 0) is 17.8 Å². The number of benzene rings is 2. The number of piperazine rings is 1. The van der Waals surface area contributed by atoms with Gasteiger partial charge in [-0.05, 0) is 43.0 Å². The topological polar surface area (TPSA) is 52.2 Å². The van der Waals surface area contributed by atoms with E-state index >= 15 is 0 Å². The highest BCUT2D eigenvalue weighted by Gasteiger charge is 2.32. The molecule has 1 N–H and O–H groups in total. The van der Waals surface area contributed by atoms with Gasteiger partial charge in [0.2, 0.25) is 5.91 Å². The lowest BCUT2D eigenvalue weighted by atomic mass is 9.98. The summed E-state index contributed by atoms with van der Waals surface area (Å²) >= 11 is 0. The van der Waals surface area contributed by atoms with Crippen LogP contribution >= 0.6 is 0 Å². The van der Waals surface area contributed by atoms with Crippen LogP contribution in [0.25, 0.3) is 11.0 Å². The van der Waals surface area contributed by atoms with Crippen molar-refractivity contribution in [1.29, 1.82) is 0 Å². The maximum absolute atomic E-state index is 13.2. The van der Waals surface area contributed by atoms with Gasteiger partial charge in [0.05, 0.1) is 17.5 Å². The molecule has 0 aliphatic carbocycles. The van der Waals surface area contributed by atoms with Crippen molar-refractivity contribution >= 4 is 16.9 Å². The minimum Gasteiger partial charge on any atom is -0.342 e. The quantitative estimate of drug-likeness (QED) is 0.697. The van der Waals surface area contributed by atoms with E-state index in [0.717, 1.165) is 48.6 Å². The zero-order valence-electron chi connectivity index (χ0n) is 18.5. The second-order valence-electron chi connectivity index (χ2n) is 8.97. The van der Waals surface area contributed by atoms with Crippen LogP contribution in [0.1, 0.15) is 36.4 Å². The number of rotatable bonds is 5. The van der Waals surface area contributed by atoms with Crippen molar-refractivity contribution in [3.63, 3.8) is 0 Å². The van der Waals surface area contributed by atoms with Crippen LogP contribution in [0.2, 0.25) is 0 Å². The number of nitrogens with one attached hydrogen (secondary N) is 1. The number of aryl methyl sites for hydroxylation is 2. The summed E-state index contributed by atoms with van der Waals surface area (Å²) in [4.78, 5) is 25.5. The first-order valence-electron chi connectivity index (χ1n) is 10.9. The van der Waals surface area contributed by atoms with Crippen molar-refractivity contribution < 1.29 is 4.79 Å². The Morgan fingerprint density at radius 1 is 1.10 bits per heavy atom. The smallest absolute Gasteiger partial charge is 0.227 e. The Morgan fingerprint density at radius 3 is 2.57 bits per heavy atom. The highest BCUT2D eigenvalue weighted by molar-refractivity contribution is 5.82. The van der Waals surface area contributed by atoms with E-state index in [-0.39, 0.29) is 11.9 Å². The average Bonchev–Trinajstić information content (AvgIpc) is 3.09. The summed E-state index contributed by atoms with van der Waals surface area (Å²) in [7, 11) is 0. The van der Waals surface area contributed by atoms with Gasteiger partial charge in [0.15, 0.2) is 0 Å². The third kappa shape index (κ3) is 4.57. The van der Waals surface area contributed by atoms with Crippen molar-refractivity contribution in [3.05, 3.63) is 65.0 Å². The van der Waals surface area contributed by atoms with Crippen LogP contribution in [0.5, 0.6) is 0 Å². The maximum Gasteiger partial charge on any atom is 0.227 e. The largest absolute Gasteiger partial charge is 0.342 e. The van der Waals surface area contributed by atoms with Crippen molar-refractivity contribution in [2.24, 2.45) is 5.92 Å². The van der Waals surface area contributed by atoms with Crippen LogP contribution < -0.4 is 0 Å². The van der Waals surface area contributed by atoms with Crippen LogP contribution in [-0.4, -0.2) is 51.4 Å². The fourth-order valence-electron chi connectivity index (χ4n) is 4.42. The lowest BCUT2D eigenvalue weighted by Gasteiger charge is -2.43. The van der Waals surface area contributed by atoms with Gasteiger partial charge in [-0.3, -0.25) is 9.69 Å². The number of amides is 1. The number of fused-ring (bicyclic) bond motifs is 1. The molecule has 0 unspecified atom stereocenters. The van der Waals surface area contributed by atoms with Crippen LogP contribution in [0.15, 0.2) is 42.5 Å². The SMILES string of the molecule is Cc1ccc(CN2CCN(C(=O)Cc3ccc4nc(C)[nH]c4c3)[C@@H](C(C)C)C2)cc1. The standard InChI is InChI=1S/C25H32N4O/c1-17(2)24-16-28(15-20-7-5-18(3)6-8-20)11-12-29(24)25(30)14-21-9-10-22-23(13-21)27-19(4)26-22/h5-10,13,17,24H,11-12,14-16H2,1-4H3,(H,26,27)/t24-/m1/s1. The van der Waals surface area contributed by atoms with E-state index in [2.05, 4.69) is 70.9 Å². The first-order chi connectivity index (χ1) is 14.4. The van der Waals surface area contributed by atoms with Gasteiger partial charge in [-0.15, -0.1) is 0 Å². The van der Waals surface area contributed by atoms with E-state index in [9.17, 15) is 4.79 Å². The summed E-state index contributed by atoms with van der Waals surface area (Å²) < 4.78 is 0. The fraction of sp³-hybridized carbons (Fsp3) is 0.440. The molecule has 5 heteroatoms. The molecule has 1 aliphatic heterocycles. The average molecular weight is 405 g/mol. The Bertz CT molecular complexity index is 1020. The molecule has 1 saturated heterocycles. The van der Waals surface area contributed by atoms with Crippen LogP contribution in [0.4, 0.5) is 0 Å². The van der Waals surface area contributed by atoms with Gasteiger partial charge in [0, 0.05) is 32.2 Å². The van der Waals surface area contributed by atoms with Gasteiger partial charge >= 0.3 is 0 Å². The van der Waals surface area contributed by atoms with Gasteiger partial charge in [0.25, 0.3) is 0 Å². The molecule has 1 fully saturated rings. The van der Waals surface area contributed by atoms with E-state index in [1.165, 1.54) is 11.1 Å². The zero-order chi connectivity index (χ0) is 21.3. The molecule has 1 amide bonds. The molecule has 4 rings (SSSR count). The Hall–Kier alpha value is -2.66. The molecule has 0 radical (unpaired) electrons. The van der Waals surface area contributed by atoms with Crippen molar-refractivity contribution in [1.82, 2.24) is 19.8 Å². The summed E-state index contributed by atoms with van der Waals surface area (Å²) in [5, 5.41) is 0. The van der Waals surface area contributed by atoms with Crippen LogP contribution in [0.3, 0.4) is 0 Å². The number of H-pyrrole nitrogens is 1. The number of imidazole rings is 1. The van der Waals surface area contributed by atoms with Gasteiger partial charge in [-0.2, -0.15) is 0 Å². The molecule has 1 atom stereocenters. The normalized spacial score (nSPS) is 17.8. The highest BCUT2D eigenvalue weighted by Crippen LogP contribution is 2.21. The van der Waals surface area contributed by atoms with Crippen molar-refractivity contribution in [3.8, 4) is 0 Å². The minimum absolute atomic E-state index is 0.222. The first kappa shape index (κ1) is 20.6. The molecule has 3 aromatic rings. The third-order valence-corrected chi connectivity index (χ3v) is 6.14. The van der Waals surface area contributed by atoms with E-state index in [4.69, 9.17) is 0 Å². The first-order valence-corrected chi connectivity index (χ1v) is 10.9. The fourth-order valence-corrected chi connectivity index (χ4v) is 4.42. The number of hydrogen-bond acceptors (Lipinski definition) is 3. The second-order valence-corrected chi connectivity index (χ2v) is 8.97. The predicted molar refractivity (Wildman–Crippen MR) is 121 cm³/mol. The molecule has 5 nitrogen and oxygen atoms in total. The number of hydrogen-bond donors (Lipinski definition) is 1. The molecular formula is C25H32N4O. The monoisotopic (exact) mass is 404 g/mol. The Morgan fingerprint density at radius 2 is 1.83 bits per heavy atom. The van der Waals surface area contributed by atoms with Gasteiger partial charge in [-0.1, -0.05) is 49.7 Å². The molecule has 0 bridgehead atoms. The Labute approximate surface area is 179 Å². The summed E-state index contributed by atoms with van der Waals surface area (Å²) in [5.74, 6) is 1.55. The molecule has 2 heterocycles. The summed E-state index contributed by atoms with van der Waals surface area (Å²) in [6.45, 7) is 12.1. The molecular weight excluding hydrogens is 372 g/mol. The second kappa shape index (κ2) is 8.60. The molecule has 158 valence electrons.